The summed E-state index contributed by atoms with van der Waals surface area (Å²) in [5, 5.41) is 7.06. The summed E-state index contributed by atoms with van der Waals surface area (Å²) in [6.07, 6.45) is 3.98. The van der Waals surface area contributed by atoms with Crippen LogP contribution in [0.25, 0.3) is 0 Å². The van der Waals surface area contributed by atoms with Gasteiger partial charge in [-0.3, -0.25) is 4.99 Å². The second kappa shape index (κ2) is 5.70. The number of guanidine groups is 1. The molecule has 0 spiro atoms. The lowest BCUT2D eigenvalue weighted by Crippen LogP contribution is -2.71. The van der Waals surface area contributed by atoms with Gasteiger partial charge in [0.15, 0.2) is 5.96 Å². The van der Waals surface area contributed by atoms with E-state index in [1.165, 1.54) is 12.8 Å². The molecule has 110 valence electrons. The first-order chi connectivity index (χ1) is 9.00. The molecule has 4 atom stereocenters. The highest BCUT2D eigenvalue weighted by molar-refractivity contribution is 5.80. The zero-order valence-electron chi connectivity index (χ0n) is 13.0. The summed E-state index contributed by atoms with van der Waals surface area (Å²) in [6.45, 7) is 9.90. The van der Waals surface area contributed by atoms with E-state index in [-0.39, 0.29) is 5.41 Å². The Labute approximate surface area is 117 Å². The first-order valence-corrected chi connectivity index (χ1v) is 7.62. The highest BCUT2D eigenvalue weighted by Gasteiger charge is 2.58. The zero-order valence-corrected chi connectivity index (χ0v) is 13.0. The van der Waals surface area contributed by atoms with Crippen LogP contribution in [0.5, 0.6) is 0 Å². The molecule has 0 radical (unpaired) electrons. The number of nitrogens with one attached hydrogen (secondary N) is 2. The second-order valence-corrected chi connectivity index (χ2v) is 6.57. The normalized spacial score (nSPS) is 35.0. The molecule has 1 aliphatic carbocycles. The summed E-state index contributed by atoms with van der Waals surface area (Å²) in [7, 11) is 1.85. The maximum Gasteiger partial charge on any atom is 0.191 e. The van der Waals surface area contributed by atoms with Gasteiger partial charge in [0.1, 0.15) is 0 Å². The largest absolute Gasteiger partial charge is 0.377 e. The van der Waals surface area contributed by atoms with Crippen molar-refractivity contribution in [3.8, 4) is 0 Å². The summed E-state index contributed by atoms with van der Waals surface area (Å²) < 4.78 is 5.94. The van der Waals surface area contributed by atoms with E-state index in [0.29, 0.717) is 24.1 Å². The Kier molecular flexibility index (Phi) is 4.39. The Morgan fingerprint density at radius 1 is 1.47 bits per heavy atom. The van der Waals surface area contributed by atoms with Crippen LogP contribution in [0.15, 0.2) is 4.99 Å². The van der Waals surface area contributed by atoms with Gasteiger partial charge in [-0.05, 0) is 26.2 Å². The van der Waals surface area contributed by atoms with Crippen molar-refractivity contribution in [2.45, 2.75) is 65.1 Å². The van der Waals surface area contributed by atoms with Crippen LogP contribution in [0.2, 0.25) is 0 Å². The molecule has 0 aromatic heterocycles. The Balaban J connectivity index is 1.97. The van der Waals surface area contributed by atoms with E-state index in [9.17, 15) is 0 Å². The summed E-state index contributed by atoms with van der Waals surface area (Å²) >= 11 is 0. The highest BCUT2D eigenvalue weighted by Crippen LogP contribution is 2.51. The quantitative estimate of drug-likeness (QED) is 0.608. The molecule has 4 unspecified atom stereocenters. The smallest absolute Gasteiger partial charge is 0.191 e. The van der Waals surface area contributed by atoms with Crippen LogP contribution in [-0.4, -0.2) is 37.8 Å². The Morgan fingerprint density at radius 3 is 2.84 bits per heavy atom. The molecular formula is C15H29N3O. The van der Waals surface area contributed by atoms with Crippen LogP contribution in [0.1, 0.15) is 47.0 Å². The third-order valence-electron chi connectivity index (χ3n) is 4.84. The van der Waals surface area contributed by atoms with E-state index in [0.717, 1.165) is 19.0 Å². The standard InChI is InChI=1S/C15H29N3O/c1-6-10(2)17-14(16-5)18-12-11-8-7-9-19-13(11)15(12,3)4/h10-13H,6-9H2,1-5H3,(H2,16,17,18). The molecule has 1 aliphatic heterocycles. The van der Waals surface area contributed by atoms with Gasteiger partial charge in [-0.15, -0.1) is 0 Å². The topological polar surface area (TPSA) is 45.7 Å². The molecule has 2 rings (SSSR count). The number of hydrogen-bond acceptors (Lipinski definition) is 2. The minimum absolute atomic E-state index is 0.193. The van der Waals surface area contributed by atoms with Crippen LogP contribution < -0.4 is 10.6 Å². The fourth-order valence-electron chi connectivity index (χ4n) is 3.47. The number of rotatable bonds is 3. The molecule has 2 N–H and O–H groups in total. The van der Waals surface area contributed by atoms with E-state index in [2.05, 4.69) is 43.3 Å². The van der Waals surface area contributed by atoms with E-state index in [1.807, 2.05) is 7.05 Å². The Hall–Kier alpha value is -0.770. The van der Waals surface area contributed by atoms with Crippen molar-refractivity contribution in [1.29, 1.82) is 0 Å². The van der Waals surface area contributed by atoms with Crippen molar-refractivity contribution in [3.63, 3.8) is 0 Å². The van der Waals surface area contributed by atoms with Gasteiger partial charge in [0, 0.05) is 37.1 Å². The summed E-state index contributed by atoms with van der Waals surface area (Å²) in [5.41, 5.74) is 0.193. The molecule has 19 heavy (non-hydrogen) atoms. The van der Waals surface area contributed by atoms with E-state index >= 15 is 0 Å². The molecule has 4 heteroatoms. The molecule has 1 heterocycles. The lowest BCUT2D eigenvalue weighted by atomic mass is 9.55. The number of ether oxygens (including phenoxy) is 1. The van der Waals surface area contributed by atoms with Crippen molar-refractivity contribution in [3.05, 3.63) is 0 Å². The molecule has 0 aromatic carbocycles. The molecule has 4 nitrogen and oxygen atoms in total. The molecule has 2 fully saturated rings. The third-order valence-corrected chi connectivity index (χ3v) is 4.84. The Bertz CT molecular complexity index is 340. The number of aliphatic imine (C=N–C) groups is 1. The maximum absolute atomic E-state index is 5.94. The SMILES string of the molecule is CCC(C)NC(=NC)NC1C2CCCOC2C1(C)C. The van der Waals surface area contributed by atoms with E-state index in [1.54, 1.807) is 0 Å². The summed E-state index contributed by atoms with van der Waals surface area (Å²) in [6, 6.07) is 0.917. The second-order valence-electron chi connectivity index (χ2n) is 6.57. The summed E-state index contributed by atoms with van der Waals surface area (Å²) in [4.78, 5) is 4.35. The minimum Gasteiger partial charge on any atom is -0.377 e. The fraction of sp³-hybridized carbons (Fsp3) is 0.933. The van der Waals surface area contributed by atoms with Crippen molar-refractivity contribution in [2.24, 2.45) is 16.3 Å². The monoisotopic (exact) mass is 267 g/mol. The predicted octanol–water partition coefficient (Wildman–Crippen LogP) is 2.15. The highest BCUT2D eigenvalue weighted by atomic mass is 16.5. The van der Waals surface area contributed by atoms with Gasteiger partial charge in [-0.1, -0.05) is 20.8 Å². The van der Waals surface area contributed by atoms with E-state index in [4.69, 9.17) is 4.74 Å². The van der Waals surface area contributed by atoms with Gasteiger partial charge < -0.3 is 15.4 Å². The molecule has 1 saturated carbocycles. The van der Waals surface area contributed by atoms with Crippen molar-refractivity contribution in [2.75, 3.05) is 13.7 Å². The van der Waals surface area contributed by atoms with Crippen LogP contribution in [0.4, 0.5) is 0 Å². The van der Waals surface area contributed by atoms with E-state index < -0.39 is 0 Å². The predicted molar refractivity (Wildman–Crippen MR) is 79.4 cm³/mol. The minimum atomic E-state index is 0.193. The number of hydrogen-bond donors (Lipinski definition) is 2. The molecule has 0 bridgehead atoms. The molecule has 0 aromatic rings. The summed E-state index contributed by atoms with van der Waals surface area (Å²) in [5.74, 6) is 1.57. The van der Waals surface area contributed by atoms with Gasteiger partial charge in [0.2, 0.25) is 0 Å². The van der Waals surface area contributed by atoms with Crippen LogP contribution in [-0.2, 0) is 4.74 Å². The first kappa shape index (κ1) is 14.6. The molecule has 2 aliphatic rings. The maximum atomic E-state index is 5.94. The fourth-order valence-corrected chi connectivity index (χ4v) is 3.47. The lowest BCUT2D eigenvalue weighted by Gasteiger charge is -2.60. The zero-order chi connectivity index (χ0) is 14.0. The third kappa shape index (κ3) is 2.73. The number of nitrogens with zero attached hydrogens (tertiary/aromatic N) is 1. The molecular weight excluding hydrogens is 238 g/mol. The first-order valence-electron chi connectivity index (χ1n) is 7.62. The molecule has 1 saturated heterocycles. The van der Waals surface area contributed by atoms with Crippen molar-refractivity contribution < 1.29 is 4.74 Å². The van der Waals surface area contributed by atoms with Gasteiger partial charge in [-0.2, -0.15) is 0 Å². The van der Waals surface area contributed by atoms with Gasteiger partial charge in [-0.25, -0.2) is 0 Å². The van der Waals surface area contributed by atoms with Gasteiger partial charge >= 0.3 is 0 Å². The number of fused-ring (bicyclic) bond motifs is 1. The van der Waals surface area contributed by atoms with Crippen molar-refractivity contribution in [1.82, 2.24) is 10.6 Å². The van der Waals surface area contributed by atoms with Crippen LogP contribution >= 0.6 is 0 Å². The van der Waals surface area contributed by atoms with Crippen LogP contribution in [0.3, 0.4) is 0 Å². The van der Waals surface area contributed by atoms with Gasteiger partial charge in [0.05, 0.1) is 6.10 Å². The van der Waals surface area contributed by atoms with Gasteiger partial charge in [0.25, 0.3) is 0 Å². The lowest BCUT2D eigenvalue weighted by molar-refractivity contribution is -0.188. The molecule has 0 amide bonds. The van der Waals surface area contributed by atoms with Crippen LogP contribution in [0, 0.1) is 11.3 Å². The Morgan fingerprint density at radius 2 is 2.21 bits per heavy atom. The average molecular weight is 267 g/mol. The van der Waals surface area contributed by atoms with Crippen molar-refractivity contribution >= 4 is 5.96 Å². The average Bonchev–Trinajstić information content (AvgIpc) is 2.42.